The highest BCUT2D eigenvalue weighted by Gasteiger charge is 2.28. The number of hydrogen-bond donors (Lipinski definition) is 1. The molecule has 1 saturated carbocycles. The number of alkyl halides is 1. The molecule has 1 amide bonds. The molecule has 3 rings (SSSR count). The van der Waals surface area contributed by atoms with E-state index in [-0.39, 0.29) is 11.9 Å². The summed E-state index contributed by atoms with van der Waals surface area (Å²) in [5.74, 6) is -0.0973. The summed E-state index contributed by atoms with van der Waals surface area (Å²) < 4.78 is 2.15. The first kappa shape index (κ1) is 13.9. The number of nitrogens with zero attached hydrogens (tertiary/aromatic N) is 2. The van der Waals surface area contributed by atoms with E-state index in [4.69, 9.17) is 16.7 Å². The Morgan fingerprint density at radius 2 is 2.15 bits per heavy atom. The molecule has 1 aromatic heterocycles. The average molecular weight is 296 g/mol. The third-order valence-electron chi connectivity index (χ3n) is 4.49. The van der Waals surface area contributed by atoms with Crippen molar-refractivity contribution < 1.29 is 4.79 Å². The first-order valence-electron chi connectivity index (χ1n) is 7.67. The van der Waals surface area contributed by atoms with E-state index in [0.717, 1.165) is 25.0 Å². The summed E-state index contributed by atoms with van der Waals surface area (Å²) >= 11 is 5.85. The molecule has 1 N–H and O–H groups in total. The number of amides is 1. The fraction of sp³-hybridized carbons (Fsp3) is 0.733. The second-order valence-electron chi connectivity index (χ2n) is 6.03. The molecule has 5 heteroatoms. The van der Waals surface area contributed by atoms with Crippen molar-refractivity contribution in [1.82, 2.24) is 15.1 Å². The van der Waals surface area contributed by atoms with Gasteiger partial charge in [-0.2, -0.15) is 5.10 Å². The van der Waals surface area contributed by atoms with Crippen LogP contribution in [0.5, 0.6) is 0 Å². The molecule has 2 unspecified atom stereocenters. The lowest BCUT2D eigenvalue weighted by molar-refractivity contribution is -0.121. The zero-order chi connectivity index (χ0) is 14.1. The number of fused-ring (bicyclic) bond motifs is 1. The van der Waals surface area contributed by atoms with Gasteiger partial charge in [0.1, 0.15) is 5.38 Å². The first-order valence-corrected chi connectivity index (χ1v) is 8.11. The lowest BCUT2D eigenvalue weighted by Gasteiger charge is -2.22. The zero-order valence-corrected chi connectivity index (χ0v) is 12.7. The van der Waals surface area contributed by atoms with E-state index in [0.29, 0.717) is 6.04 Å². The minimum atomic E-state index is -0.489. The number of aryl methyl sites for hydroxylation is 1. The highest BCUT2D eigenvalue weighted by Crippen LogP contribution is 2.33. The second kappa shape index (κ2) is 5.76. The van der Waals surface area contributed by atoms with Crippen LogP contribution < -0.4 is 5.32 Å². The summed E-state index contributed by atoms with van der Waals surface area (Å²) in [7, 11) is 0. The van der Waals surface area contributed by atoms with Gasteiger partial charge < -0.3 is 5.32 Å². The molecule has 1 fully saturated rings. The van der Waals surface area contributed by atoms with Crippen LogP contribution in [-0.2, 0) is 11.2 Å². The van der Waals surface area contributed by atoms with Gasteiger partial charge >= 0.3 is 0 Å². The van der Waals surface area contributed by atoms with Gasteiger partial charge in [0.15, 0.2) is 0 Å². The molecule has 0 aliphatic heterocycles. The number of hydrogen-bond acceptors (Lipinski definition) is 2. The van der Waals surface area contributed by atoms with Crippen molar-refractivity contribution in [3.05, 3.63) is 17.5 Å². The number of aromatic nitrogens is 2. The Bertz CT molecular complexity index is 491. The van der Waals surface area contributed by atoms with Crippen molar-refractivity contribution in [3.63, 3.8) is 0 Å². The number of rotatable bonds is 3. The molecule has 4 nitrogen and oxygen atoms in total. The molecule has 110 valence electrons. The van der Waals surface area contributed by atoms with Crippen LogP contribution in [0.3, 0.4) is 0 Å². The van der Waals surface area contributed by atoms with Crippen LogP contribution in [-0.4, -0.2) is 21.1 Å². The minimum absolute atomic E-state index is 0.0371. The third-order valence-corrected chi connectivity index (χ3v) is 4.68. The summed E-state index contributed by atoms with van der Waals surface area (Å²) in [4.78, 5) is 11.8. The molecule has 2 aliphatic carbocycles. The van der Waals surface area contributed by atoms with Gasteiger partial charge in [0.05, 0.1) is 17.8 Å². The van der Waals surface area contributed by atoms with Gasteiger partial charge in [-0.15, -0.1) is 11.6 Å². The average Bonchev–Trinajstić information content (AvgIpc) is 3.07. The molecule has 0 spiro atoms. The van der Waals surface area contributed by atoms with Crippen LogP contribution in [0.15, 0.2) is 6.20 Å². The lowest BCUT2D eigenvalue weighted by atomic mass is 9.93. The molecular weight excluding hydrogens is 274 g/mol. The third kappa shape index (κ3) is 2.71. The van der Waals surface area contributed by atoms with Gasteiger partial charge in [-0.1, -0.05) is 12.8 Å². The Labute approximate surface area is 124 Å². The number of carbonyl (C=O) groups excluding carboxylic acids is 1. The van der Waals surface area contributed by atoms with Gasteiger partial charge in [0, 0.05) is 6.20 Å². The zero-order valence-electron chi connectivity index (χ0n) is 11.9. The minimum Gasteiger partial charge on any atom is -0.346 e. The van der Waals surface area contributed by atoms with E-state index < -0.39 is 5.38 Å². The molecule has 2 atom stereocenters. The number of carbonyl (C=O) groups is 1. The number of nitrogens with one attached hydrogen (secondary N) is 1. The van der Waals surface area contributed by atoms with Crippen molar-refractivity contribution in [2.45, 2.75) is 69.3 Å². The maximum absolute atomic E-state index is 11.8. The van der Waals surface area contributed by atoms with Gasteiger partial charge in [-0.25, -0.2) is 0 Å². The fourth-order valence-electron chi connectivity index (χ4n) is 3.35. The lowest BCUT2D eigenvalue weighted by Crippen LogP contribution is -2.35. The van der Waals surface area contributed by atoms with E-state index in [1.165, 1.54) is 31.2 Å². The summed E-state index contributed by atoms with van der Waals surface area (Å²) in [6, 6.07) is 0.596. The molecule has 1 heterocycles. The van der Waals surface area contributed by atoms with E-state index in [2.05, 4.69) is 16.2 Å². The Balaban J connectivity index is 1.79. The summed E-state index contributed by atoms with van der Waals surface area (Å²) in [6.45, 7) is 1.71. The first-order chi connectivity index (χ1) is 9.65. The molecular formula is C15H22ClN3O. The molecule has 2 aliphatic rings. The second-order valence-corrected chi connectivity index (χ2v) is 6.68. The SMILES string of the molecule is CC(Cl)C(=O)NC1CCCc2cn(C3CCCC3)nc21. The maximum atomic E-state index is 11.8. The van der Waals surface area contributed by atoms with Crippen LogP contribution in [0.2, 0.25) is 0 Å². The molecule has 0 radical (unpaired) electrons. The van der Waals surface area contributed by atoms with Gasteiger partial charge in [-0.05, 0) is 44.6 Å². The summed E-state index contributed by atoms with van der Waals surface area (Å²) in [5, 5.41) is 7.33. The Morgan fingerprint density at radius 1 is 1.40 bits per heavy atom. The molecule has 0 aromatic carbocycles. The van der Waals surface area contributed by atoms with Crippen molar-refractivity contribution in [3.8, 4) is 0 Å². The molecule has 1 aromatic rings. The van der Waals surface area contributed by atoms with Crippen molar-refractivity contribution in [1.29, 1.82) is 0 Å². The van der Waals surface area contributed by atoms with Gasteiger partial charge in [0.25, 0.3) is 0 Å². The molecule has 0 bridgehead atoms. The van der Waals surface area contributed by atoms with E-state index >= 15 is 0 Å². The fourth-order valence-corrected chi connectivity index (χ4v) is 3.41. The van der Waals surface area contributed by atoms with Crippen LogP contribution >= 0.6 is 11.6 Å². The van der Waals surface area contributed by atoms with Crippen molar-refractivity contribution >= 4 is 17.5 Å². The van der Waals surface area contributed by atoms with Crippen molar-refractivity contribution in [2.24, 2.45) is 0 Å². The molecule has 20 heavy (non-hydrogen) atoms. The maximum Gasteiger partial charge on any atom is 0.238 e. The van der Waals surface area contributed by atoms with Gasteiger partial charge in [-0.3, -0.25) is 9.48 Å². The summed E-state index contributed by atoms with van der Waals surface area (Å²) in [6.07, 6.45) is 10.4. The quantitative estimate of drug-likeness (QED) is 0.871. The van der Waals surface area contributed by atoms with Crippen molar-refractivity contribution in [2.75, 3.05) is 0 Å². The van der Waals surface area contributed by atoms with Crippen LogP contribution in [0.4, 0.5) is 0 Å². The smallest absolute Gasteiger partial charge is 0.238 e. The highest BCUT2D eigenvalue weighted by atomic mass is 35.5. The Kier molecular flexibility index (Phi) is 4.01. The monoisotopic (exact) mass is 295 g/mol. The van der Waals surface area contributed by atoms with E-state index in [9.17, 15) is 4.79 Å². The highest BCUT2D eigenvalue weighted by molar-refractivity contribution is 6.30. The van der Waals surface area contributed by atoms with Crippen LogP contribution in [0.1, 0.15) is 68.8 Å². The van der Waals surface area contributed by atoms with Crippen LogP contribution in [0, 0.1) is 0 Å². The van der Waals surface area contributed by atoms with E-state index in [1.807, 2.05) is 0 Å². The predicted octanol–water partition coefficient (Wildman–Crippen LogP) is 3.12. The van der Waals surface area contributed by atoms with E-state index in [1.54, 1.807) is 6.92 Å². The largest absolute Gasteiger partial charge is 0.346 e. The number of halogens is 1. The Hall–Kier alpha value is -1.03. The summed E-state index contributed by atoms with van der Waals surface area (Å²) in [5.41, 5.74) is 2.37. The normalized spacial score (nSPS) is 24.4. The van der Waals surface area contributed by atoms with Gasteiger partial charge in [0.2, 0.25) is 5.91 Å². The topological polar surface area (TPSA) is 46.9 Å². The molecule has 0 saturated heterocycles. The van der Waals surface area contributed by atoms with Crippen LogP contribution in [0.25, 0.3) is 0 Å². The predicted molar refractivity (Wildman–Crippen MR) is 78.9 cm³/mol. The Morgan fingerprint density at radius 3 is 2.85 bits per heavy atom. The standard InChI is InChI=1S/C15H22ClN3O/c1-10(16)15(20)17-13-8-4-5-11-9-19(18-14(11)13)12-6-2-3-7-12/h9-10,12-13H,2-8H2,1H3,(H,17,20).